The number of rotatable bonds is 6. The molecule has 4 aromatic rings. The van der Waals surface area contributed by atoms with Gasteiger partial charge in [0.1, 0.15) is 6.04 Å². The first kappa shape index (κ1) is 21.5. The zero-order valence-electron chi connectivity index (χ0n) is 19.2. The number of pyridine rings is 1. The molecule has 33 heavy (non-hydrogen) atoms. The van der Waals surface area contributed by atoms with Gasteiger partial charge in [0.05, 0.1) is 13.2 Å². The van der Waals surface area contributed by atoms with Gasteiger partial charge in [-0.3, -0.25) is 9.69 Å². The first-order valence-corrected chi connectivity index (χ1v) is 11.2. The molecule has 0 saturated carbocycles. The van der Waals surface area contributed by atoms with E-state index in [1.54, 1.807) is 11.8 Å². The van der Waals surface area contributed by atoms with Crippen LogP contribution in [-0.2, 0) is 24.2 Å². The van der Waals surface area contributed by atoms with Crippen LogP contribution < -0.4 is 5.56 Å². The summed E-state index contributed by atoms with van der Waals surface area (Å²) in [4.78, 5) is 18.8. The van der Waals surface area contributed by atoms with Crippen molar-refractivity contribution < 1.29 is 4.74 Å². The average molecular weight is 445 g/mol. The number of fused-ring (bicyclic) bond motifs is 2. The fourth-order valence-corrected chi connectivity index (χ4v) is 4.68. The maximum Gasteiger partial charge on any atom is 0.253 e. The van der Waals surface area contributed by atoms with Crippen LogP contribution in [-0.4, -0.2) is 50.4 Å². The first-order chi connectivity index (χ1) is 16.0. The quantitative estimate of drug-likeness (QED) is 0.492. The lowest BCUT2D eigenvalue weighted by molar-refractivity contribution is 0.169. The van der Waals surface area contributed by atoms with E-state index < -0.39 is 0 Å². The van der Waals surface area contributed by atoms with Gasteiger partial charge in [-0.2, -0.15) is 0 Å². The Balaban J connectivity index is 1.65. The number of H-pyrrole nitrogens is 1. The highest BCUT2D eigenvalue weighted by Crippen LogP contribution is 2.32. The summed E-state index contributed by atoms with van der Waals surface area (Å²) in [6.45, 7) is 6.68. The van der Waals surface area contributed by atoms with Crippen LogP contribution in [0.5, 0.6) is 0 Å². The maximum absolute atomic E-state index is 13.4. The van der Waals surface area contributed by atoms with Gasteiger partial charge >= 0.3 is 0 Å². The molecule has 3 heterocycles. The van der Waals surface area contributed by atoms with E-state index in [2.05, 4.69) is 69.6 Å². The van der Waals surface area contributed by atoms with Crippen molar-refractivity contribution in [3.8, 4) is 0 Å². The van der Waals surface area contributed by atoms with Gasteiger partial charge < -0.3 is 9.72 Å². The van der Waals surface area contributed by atoms with E-state index in [0.29, 0.717) is 24.5 Å². The lowest BCUT2D eigenvalue weighted by Crippen LogP contribution is -2.38. The number of tetrazole rings is 1. The minimum atomic E-state index is -0.375. The van der Waals surface area contributed by atoms with Crippen molar-refractivity contribution >= 4 is 10.9 Å². The minimum absolute atomic E-state index is 0.115. The lowest BCUT2D eigenvalue weighted by atomic mass is 9.95. The topological polar surface area (TPSA) is 88.9 Å². The zero-order valence-corrected chi connectivity index (χ0v) is 19.2. The van der Waals surface area contributed by atoms with Crippen molar-refractivity contribution in [1.82, 2.24) is 30.1 Å². The third kappa shape index (κ3) is 4.07. The smallest absolute Gasteiger partial charge is 0.253 e. The SMILES string of the molecule is COCCn1nnnc1[C@H](c1cc2cc(C)c(C)cc2[nH]c1=O)N1CCc2ccccc2C1. The summed E-state index contributed by atoms with van der Waals surface area (Å²) >= 11 is 0. The molecule has 1 atom stereocenters. The monoisotopic (exact) mass is 444 g/mol. The van der Waals surface area contributed by atoms with Crippen LogP contribution in [0.25, 0.3) is 10.9 Å². The summed E-state index contributed by atoms with van der Waals surface area (Å²) in [5, 5.41) is 13.5. The van der Waals surface area contributed by atoms with Crippen molar-refractivity contribution in [3.63, 3.8) is 0 Å². The Morgan fingerprint density at radius 2 is 1.91 bits per heavy atom. The van der Waals surface area contributed by atoms with Crippen LogP contribution in [0.2, 0.25) is 0 Å². The molecule has 0 aliphatic carbocycles. The molecule has 1 aliphatic heterocycles. The molecule has 0 saturated heterocycles. The molecule has 1 N–H and O–H groups in total. The van der Waals surface area contributed by atoms with Gasteiger partial charge in [-0.05, 0) is 76.5 Å². The summed E-state index contributed by atoms with van der Waals surface area (Å²) < 4.78 is 7.00. The van der Waals surface area contributed by atoms with E-state index >= 15 is 0 Å². The van der Waals surface area contributed by atoms with Crippen molar-refractivity contribution in [2.24, 2.45) is 0 Å². The van der Waals surface area contributed by atoms with Crippen molar-refractivity contribution in [2.45, 2.75) is 39.4 Å². The summed E-state index contributed by atoms with van der Waals surface area (Å²) in [5.41, 5.74) is 6.34. The molecule has 170 valence electrons. The zero-order chi connectivity index (χ0) is 22.9. The molecule has 2 aromatic heterocycles. The average Bonchev–Trinajstić information content (AvgIpc) is 3.27. The first-order valence-electron chi connectivity index (χ1n) is 11.2. The largest absolute Gasteiger partial charge is 0.383 e. The molecule has 0 spiro atoms. The van der Waals surface area contributed by atoms with E-state index in [1.165, 1.54) is 16.7 Å². The lowest BCUT2D eigenvalue weighted by Gasteiger charge is -2.34. The molecule has 1 aliphatic rings. The number of hydrogen-bond acceptors (Lipinski definition) is 6. The molecule has 8 heteroatoms. The van der Waals surface area contributed by atoms with Gasteiger partial charge in [-0.15, -0.1) is 5.10 Å². The van der Waals surface area contributed by atoms with Crippen molar-refractivity contribution in [1.29, 1.82) is 0 Å². The van der Waals surface area contributed by atoms with Crippen LogP contribution in [0.4, 0.5) is 0 Å². The maximum atomic E-state index is 13.4. The third-order valence-electron chi connectivity index (χ3n) is 6.62. The molecule has 0 unspecified atom stereocenters. The van der Waals surface area contributed by atoms with Gasteiger partial charge in [0.25, 0.3) is 5.56 Å². The summed E-state index contributed by atoms with van der Waals surface area (Å²) in [6, 6.07) is 14.3. The van der Waals surface area contributed by atoms with E-state index in [4.69, 9.17) is 4.74 Å². The van der Waals surface area contributed by atoms with Gasteiger partial charge in [0.2, 0.25) is 0 Å². The Morgan fingerprint density at radius 1 is 1.12 bits per heavy atom. The van der Waals surface area contributed by atoms with Crippen LogP contribution in [0.1, 0.15) is 39.7 Å². The van der Waals surface area contributed by atoms with Crippen LogP contribution in [0, 0.1) is 13.8 Å². The van der Waals surface area contributed by atoms with Crippen LogP contribution in [0.15, 0.2) is 47.3 Å². The predicted molar refractivity (Wildman–Crippen MR) is 126 cm³/mol. The summed E-state index contributed by atoms with van der Waals surface area (Å²) in [6.07, 6.45) is 0.913. The van der Waals surface area contributed by atoms with Crippen molar-refractivity contribution in [3.05, 3.63) is 86.5 Å². The molecule has 0 amide bonds. The standard InChI is InChI=1S/C25H28N6O2/c1-16-12-20-14-21(25(32)26-22(20)13-17(16)2)23(24-27-28-29-31(24)10-11-33-3)30-9-8-18-6-4-5-7-19(18)15-30/h4-7,12-14,23H,8-11,15H2,1-3H3,(H,26,32)/t23-/m0/s1. The second-order valence-electron chi connectivity index (χ2n) is 8.72. The molecular formula is C25H28N6O2. The molecular weight excluding hydrogens is 416 g/mol. The van der Waals surface area contributed by atoms with Gasteiger partial charge in [-0.25, -0.2) is 4.68 Å². The number of hydrogen-bond donors (Lipinski definition) is 1. The number of ether oxygens (including phenoxy) is 1. The van der Waals surface area contributed by atoms with E-state index in [0.717, 1.165) is 36.0 Å². The molecule has 0 bridgehead atoms. The summed E-state index contributed by atoms with van der Waals surface area (Å²) in [7, 11) is 1.65. The van der Waals surface area contributed by atoms with Crippen LogP contribution >= 0.6 is 0 Å². The second-order valence-corrected chi connectivity index (χ2v) is 8.72. The Kier molecular flexibility index (Phi) is 5.78. The Morgan fingerprint density at radius 3 is 2.73 bits per heavy atom. The number of benzene rings is 2. The fourth-order valence-electron chi connectivity index (χ4n) is 4.68. The number of aryl methyl sites for hydroxylation is 2. The normalized spacial score (nSPS) is 15.0. The minimum Gasteiger partial charge on any atom is -0.383 e. The molecule has 0 radical (unpaired) electrons. The molecule has 0 fully saturated rings. The number of aromatic amines is 1. The highest BCUT2D eigenvalue weighted by molar-refractivity contribution is 5.81. The van der Waals surface area contributed by atoms with Gasteiger partial charge in [-0.1, -0.05) is 24.3 Å². The molecule has 2 aromatic carbocycles. The Bertz CT molecular complexity index is 1360. The number of nitrogens with zero attached hydrogens (tertiary/aromatic N) is 5. The van der Waals surface area contributed by atoms with E-state index in [-0.39, 0.29) is 11.6 Å². The fraction of sp³-hybridized carbons (Fsp3) is 0.360. The van der Waals surface area contributed by atoms with Gasteiger partial charge in [0, 0.05) is 31.3 Å². The Labute approximate surface area is 192 Å². The van der Waals surface area contributed by atoms with E-state index in [9.17, 15) is 4.79 Å². The van der Waals surface area contributed by atoms with Crippen LogP contribution in [0.3, 0.4) is 0 Å². The predicted octanol–water partition coefficient (Wildman–Crippen LogP) is 2.93. The second kappa shape index (κ2) is 8.88. The number of methoxy groups -OCH3 is 1. The summed E-state index contributed by atoms with van der Waals surface area (Å²) in [5.74, 6) is 0.653. The highest BCUT2D eigenvalue weighted by Gasteiger charge is 2.32. The van der Waals surface area contributed by atoms with Crippen molar-refractivity contribution in [2.75, 3.05) is 20.3 Å². The molecule has 5 rings (SSSR count). The third-order valence-corrected chi connectivity index (χ3v) is 6.62. The van der Waals surface area contributed by atoms with Gasteiger partial charge in [0.15, 0.2) is 5.82 Å². The molecule has 8 nitrogen and oxygen atoms in total. The highest BCUT2D eigenvalue weighted by atomic mass is 16.5. The number of nitrogens with one attached hydrogen (secondary N) is 1. The Hall–Kier alpha value is -3.36. The number of aromatic nitrogens is 5. The van der Waals surface area contributed by atoms with E-state index in [1.807, 2.05) is 12.1 Å².